The van der Waals surface area contributed by atoms with E-state index in [-0.39, 0.29) is 0 Å². The van der Waals surface area contributed by atoms with E-state index in [1.54, 1.807) is 0 Å². The van der Waals surface area contributed by atoms with Crippen LogP contribution in [-0.4, -0.2) is 9.97 Å². The van der Waals surface area contributed by atoms with Gasteiger partial charge in [-0.1, -0.05) is 22.0 Å². The Morgan fingerprint density at radius 1 is 1.29 bits per heavy atom. The molecular formula is C12H12BrN3S. The Morgan fingerprint density at radius 3 is 2.65 bits per heavy atom. The van der Waals surface area contributed by atoms with E-state index in [1.165, 1.54) is 11.8 Å². The molecule has 1 heterocycles. The lowest BCUT2D eigenvalue weighted by atomic mass is 10.2. The molecule has 0 saturated carbocycles. The van der Waals surface area contributed by atoms with Crippen molar-refractivity contribution in [2.45, 2.75) is 23.5 Å². The summed E-state index contributed by atoms with van der Waals surface area (Å²) in [5, 5.41) is 0.739. The van der Waals surface area contributed by atoms with Gasteiger partial charge in [-0.15, -0.1) is 0 Å². The summed E-state index contributed by atoms with van der Waals surface area (Å²) < 4.78 is 1.03. The van der Waals surface area contributed by atoms with Gasteiger partial charge in [0.15, 0.2) is 5.16 Å². The Balaban J connectivity index is 2.28. The first kappa shape index (κ1) is 12.5. The fourth-order valence-electron chi connectivity index (χ4n) is 1.32. The molecule has 0 unspecified atom stereocenters. The van der Waals surface area contributed by atoms with Crippen LogP contribution in [0, 0.1) is 6.92 Å². The topological polar surface area (TPSA) is 51.8 Å². The summed E-state index contributed by atoms with van der Waals surface area (Å²) in [5.41, 5.74) is 7.87. The van der Waals surface area contributed by atoms with E-state index in [1.807, 2.05) is 37.5 Å². The van der Waals surface area contributed by atoms with Crippen LogP contribution in [0.1, 0.15) is 11.1 Å². The molecule has 3 nitrogen and oxygen atoms in total. The van der Waals surface area contributed by atoms with E-state index in [0.29, 0.717) is 6.54 Å². The van der Waals surface area contributed by atoms with Crippen molar-refractivity contribution in [1.82, 2.24) is 9.97 Å². The van der Waals surface area contributed by atoms with Gasteiger partial charge in [-0.25, -0.2) is 9.97 Å². The lowest BCUT2D eigenvalue weighted by molar-refractivity contribution is 0.945. The van der Waals surface area contributed by atoms with E-state index in [2.05, 4.69) is 25.9 Å². The molecule has 2 aromatic rings. The quantitative estimate of drug-likeness (QED) is 0.885. The molecule has 0 aliphatic carbocycles. The van der Waals surface area contributed by atoms with Crippen LogP contribution in [0.15, 0.2) is 45.1 Å². The molecule has 0 aliphatic heterocycles. The zero-order chi connectivity index (χ0) is 12.3. The normalized spacial score (nSPS) is 10.5. The van der Waals surface area contributed by atoms with Crippen molar-refractivity contribution >= 4 is 27.7 Å². The highest BCUT2D eigenvalue weighted by Crippen LogP contribution is 2.30. The lowest BCUT2D eigenvalue weighted by Crippen LogP contribution is -1.98. The van der Waals surface area contributed by atoms with Gasteiger partial charge in [0.2, 0.25) is 0 Å². The van der Waals surface area contributed by atoms with Crippen LogP contribution in [0.4, 0.5) is 0 Å². The summed E-state index contributed by atoms with van der Waals surface area (Å²) in [6, 6.07) is 6.04. The first-order valence-electron chi connectivity index (χ1n) is 5.14. The predicted molar refractivity (Wildman–Crippen MR) is 72.9 cm³/mol. The number of benzene rings is 1. The summed E-state index contributed by atoms with van der Waals surface area (Å²) in [5.74, 6) is 0. The molecular weight excluding hydrogens is 298 g/mol. The molecule has 0 atom stereocenters. The molecule has 0 saturated heterocycles. The number of aromatic nitrogens is 2. The van der Waals surface area contributed by atoms with Crippen molar-refractivity contribution in [2.75, 3.05) is 0 Å². The highest BCUT2D eigenvalue weighted by molar-refractivity contribution is 9.10. The smallest absolute Gasteiger partial charge is 0.192 e. The monoisotopic (exact) mass is 309 g/mol. The number of hydrogen-bond donors (Lipinski definition) is 1. The van der Waals surface area contributed by atoms with Crippen molar-refractivity contribution in [3.05, 3.63) is 46.2 Å². The fraction of sp³-hybridized carbons (Fsp3) is 0.167. The predicted octanol–water partition coefficient (Wildman–Crippen LogP) is 3.16. The molecule has 0 fully saturated rings. The Hall–Kier alpha value is -0.910. The van der Waals surface area contributed by atoms with Gasteiger partial charge in [0.25, 0.3) is 0 Å². The molecule has 1 aromatic carbocycles. The van der Waals surface area contributed by atoms with Gasteiger partial charge in [0.05, 0.1) is 0 Å². The minimum atomic E-state index is 0.515. The van der Waals surface area contributed by atoms with E-state index < -0.39 is 0 Å². The van der Waals surface area contributed by atoms with Crippen LogP contribution in [0.25, 0.3) is 0 Å². The SMILES string of the molecule is Cc1cnc(Sc2cc(Br)ccc2CN)nc1. The van der Waals surface area contributed by atoms with E-state index in [9.17, 15) is 0 Å². The first-order chi connectivity index (χ1) is 8.19. The van der Waals surface area contributed by atoms with Gasteiger partial charge in [0.1, 0.15) is 0 Å². The minimum absolute atomic E-state index is 0.515. The number of nitrogens with zero attached hydrogens (tertiary/aromatic N) is 2. The molecule has 0 spiro atoms. The number of halogens is 1. The second kappa shape index (κ2) is 5.62. The Kier molecular flexibility index (Phi) is 4.15. The third kappa shape index (κ3) is 3.28. The highest BCUT2D eigenvalue weighted by atomic mass is 79.9. The number of rotatable bonds is 3. The van der Waals surface area contributed by atoms with E-state index >= 15 is 0 Å². The molecule has 0 aliphatic rings. The van der Waals surface area contributed by atoms with E-state index in [0.717, 1.165) is 25.7 Å². The summed E-state index contributed by atoms with van der Waals surface area (Å²) in [4.78, 5) is 9.64. The van der Waals surface area contributed by atoms with Crippen molar-refractivity contribution in [2.24, 2.45) is 5.73 Å². The molecule has 0 radical (unpaired) electrons. The number of nitrogens with two attached hydrogens (primary N) is 1. The Bertz CT molecular complexity index is 514. The number of hydrogen-bond acceptors (Lipinski definition) is 4. The Labute approximate surface area is 113 Å². The van der Waals surface area contributed by atoms with Crippen LogP contribution in [0.5, 0.6) is 0 Å². The fourth-order valence-corrected chi connectivity index (χ4v) is 2.71. The Morgan fingerprint density at radius 2 is 2.00 bits per heavy atom. The summed E-state index contributed by atoms with van der Waals surface area (Å²) in [6.45, 7) is 2.49. The van der Waals surface area contributed by atoms with Crippen molar-refractivity contribution < 1.29 is 0 Å². The third-order valence-electron chi connectivity index (χ3n) is 2.21. The van der Waals surface area contributed by atoms with Gasteiger partial charge in [-0.05, 0) is 41.9 Å². The molecule has 2 N–H and O–H groups in total. The average Bonchev–Trinajstić information content (AvgIpc) is 2.32. The highest BCUT2D eigenvalue weighted by Gasteiger charge is 2.06. The minimum Gasteiger partial charge on any atom is -0.326 e. The van der Waals surface area contributed by atoms with Gasteiger partial charge in [-0.3, -0.25) is 0 Å². The van der Waals surface area contributed by atoms with Crippen molar-refractivity contribution in [3.8, 4) is 0 Å². The molecule has 5 heteroatoms. The molecule has 2 rings (SSSR count). The van der Waals surface area contributed by atoms with E-state index in [4.69, 9.17) is 5.73 Å². The molecule has 88 valence electrons. The maximum atomic E-state index is 5.71. The van der Waals surface area contributed by atoms with Gasteiger partial charge in [0, 0.05) is 28.3 Å². The van der Waals surface area contributed by atoms with Crippen LogP contribution < -0.4 is 5.73 Å². The largest absolute Gasteiger partial charge is 0.326 e. The molecule has 17 heavy (non-hydrogen) atoms. The standard InChI is InChI=1S/C12H12BrN3S/c1-8-6-15-12(16-7-8)17-11-4-10(13)3-2-9(11)5-14/h2-4,6-7H,5,14H2,1H3. The maximum Gasteiger partial charge on any atom is 0.192 e. The maximum absolute atomic E-state index is 5.71. The average molecular weight is 310 g/mol. The zero-order valence-corrected chi connectivity index (χ0v) is 11.8. The third-order valence-corrected chi connectivity index (χ3v) is 3.69. The number of aryl methyl sites for hydroxylation is 1. The molecule has 0 amide bonds. The first-order valence-corrected chi connectivity index (χ1v) is 6.75. The summed E-state index contributed by atoms with van der Waals surface area (Å²) in [7, 11) is 0. The van der Waals surface area contributed by atoms with Crippen LogP contribution >= 0.6 is 27.7 Å². The van der Waals surface area contributed by atoms with Gasteiger partial charge >= 0.3 is 0 Å². The van der Waals surface area contributed by atoms with Crippen LogP contribution in [0.3, 0.4) is 0 Å². The van der Waals surface area contributed by atoms with Crippen molar-refractivity contribution in [3.63, 3.8) is 0 Å². The van der Waals surface area contributed by atoms with Crippen LogP contribution in [-0.2, 0) is 6.54 Å². The second-order valence-electron chi connectivity index (χ2n) is 3.60. The van der Waals surface area contributed by atoms with Crippen LogP contribution in [0.2, 0.25) is 0 Å². The second-order valence-corrected chi connectivity index (χ2v) is 5.53. The summed E-state index contributed by atoms with van der Waals surface area (Å²) in [6.07, 6.45) is 3.63. The zero-order valence-electron chi connectivity index (χ0n) is 9.35. The lowest BCUT2D eigenvalue weighted by Gasteiger charge is -2.06. The van der Waals surface area contributed by atoms with Gasteiger partial charge in [-0.2, -0.15) is 0 Å². The molecule has 1 aromatic heterocycles. The molecule has 0 bridgehead atoms. The summed E-state index contributed by atoms with van der Waals surface area (Å²) >= 11 is 4.98. The van der Waals surface area contributed by atoms with Gasteiger partial charge < -0.3 is 5.73 Å². The van der Waals surface area contributed by atoms with Crippen molar-refractivity contribution in [1.29, 1.82) is 0 Å².